The molecule has 0 amide bonds. The molecule has 3 aromatic carbocycles. The third kappa shape index (κ3) is 5.00. The van der Waals surface area contributed by atoms with Crippen molar-refractivity contribution in [3.8, 4) is 11.5 Å². The van der Waals surface area contributed by atoms with Gasteiger partial charge in [0.2, 0.25) is 8.32 Å². The van der Waals surface area contributed by atoms with E-state index in [4.69, 9.17) is 9.16 Å². The van der Waals surface area contributed by atoms with Crippen LogP contribution in [-0.4, -0.2) is 8.32 Å². The summed E-state index contributed by atoms with van der Waals surface area (Å²) in [4.78, 5) is 0. The summed E-state index contributed by atoms with van der Waals surface area (Å²) in [5, 5.41) is 0.199. The number of ether oxygens (including phenoxy) is 1. The van der Waals surface area contributed by atoms with E-state index in [-0.39, 0.29) is 5.04 Å². The molecule has 1 saturated carbocycles. The molecule has 1 fully saturated rings. The predicted molar refractivity (Wildman–Crippen MR) is 153 cm³/mol. The van der Waals surface area contributed by atoms with Crippen LogP contribution < -0.4 is 9.16 Å². The van der Waals surface area contributed by atoms with Gasteiger partial charge in [-0.25, -0.2) is 0 Å². The Balaban J connectivity index is 1.41. The molecule has 3 aromatic rings. The minimum Gasteiger partial charge on any atom is -0.543 e. The van der Waals surface area contributed by atoms with Crippen molar-refractivity contribution in [1.29, 1.82) is 0 Å². The Labute approximate surface area is 219 Å². The van der Waals surface area contributed by atoms with Gasteiger partial charge in [-0.2, -0.15) is 0 Å². The lowest BCUT2D eigenvalue weighted by Crippen LogP contribution is -2.43. The van der Waals surface area contributed by atoms with Crippen LogP contribution in [0, 0.1) is 6.92 Å². The summed E-state index contributed by atoms with van der Waals surface area (Å²) in [6, 6.07) is 22.2. The molecule has 0 heterocycles. The zero-order valence-electron chi connectivity index (χ0n) is 23.0. The molecule has 5 rings (SSSR count). The Morgan fingerprint density at radius 3 is 2.33 bits per heavy atom. The highest BCUT2D eigenvalue weighted by atomic mass is 28.4. The van der Waals surface area contributed by atoms with Crippen LogP contribution in [0.2, 0.25) is 18.1 Å². The summed E-state index contributed by atoms with van der Waals surface area (Å²) in [7, 11) is -1.85. The lowest BCUT2D eigenvalue weighted by molar-refractivity contribution is 0.293. The molecular formula is C33H42O2Si. The first-order chi connectivity index (χ1) is 17.1. The van der Waals surface area contributed by atoms with E-state index >= 15 is 0 Å². The molecule has 1 atom stereocenters. The molecule has 2 aliphatic carbocycles. The molecule has 0 radical (unpaired) electrons. The molecule has 1 unspecified atom stereocenters. The number of hydrogen-bond acceptors (Lipinski definition) is 2. The fraction of sp³-hybridized carbons (Fsp3) is 0.455. The largest absolute Gasteiger partial charge is 0.543 e. The monoisotopic (exact) mass is 498 g/mol. The van der Waals surface area contributed by atoms with Crippen LogP contribution in [0.5, 0.6) is 11.5 Å². The van der Waals surface area contributed by atoms with E-state index in [0.29, 0.717) is 18.4 Å². The highest BCUT2D eigenvalue weighted by Gasteiger charge is 2.39. The second kappa shape index (κ2) is 9.74. The number of rotatable bonds is 7. The zero-order valence-corrected chi connectivity index (χ0v) is 24.0. The molecule has 0 bridgehead atoms. The van der Waals surface area contributed by atoms with E-state index in [1.165, 1.54) is 59.1 Å². The van der Waals surface area contributed by atoms with Gasteiger partial charge in [0.05, 0.1) is 0 Å². The SMILES string of the molecule is Cc1cc(O[Si](C)(C)C(C)(C)C)cc2c1C(c1ccc(OCc3ccccc3)c(C3CCC3)c1)CC2. The molecule has 190 valence electrons. The highest BCUT2D eigenvalue weighted by Crippen LogP contribution is 2.47. The van der Waals surface area contributed by atoms with Crippen LogP contribution in [-0.2, 0) is 13.0 Å². The first-order valence-corrected chi connectivity index (χ1v) is 16.7. The smallest absolute Gasteiger partial charge is 0.250 e. The minimum atomic E-state index is -1.85. The molecule has 2 nitrogen and oxygen atoms in total. The topological polar surface area (TPSA) is 18.5 Å². The average Bonchev–Trinajstić information content (AvgIpc) is 3.21. The van der Waals surface area contributed by atoms with Crippen molar-refractivity contribution in [2.24, 2.45) is 0 Å². The van der Waals surface area contributed by atoms with Gasteiger partial charge in [-0.15, -0.1) is 0 Å². The van der Waals surface area contributed by atoms with Crippen molar-refractivity contribution in [2.75, 3.05) is 0 Å². The maximum absolute atomic E-state index is 6.69. The Hall–Kier alpha value is -2.52. The molecule has 0 N–H and O–H groups in total. The summed E-state index contributed by atoms with van der Waals surface area (Å²) in [5.41, 5.74) is 8.46. The lowest BCUT2D eigenvalue weighted by atomic mass is 9.78. The van der Waals surface area contributed by atoms with Crippen LogP contribution in [0.1, 0.15) is 91.7 Å². The van der Waals surface area contributed by atoms with E-state index in [2.05, 4.69) is 101 Å². The third-order valence-electron chi connectivity index (χ3n) is 8.89. The van der Waals surface area contributed by atoms with Crippen LogP contribution in [0.4, 0.5) is 0 Å². The third-order valence-corrected chi connectivity index (χ3v) is 13.3. The van der Waals surface area contributed by atoms with Crippen molar-refractivity contribution < 1.29 is 9.16 Å². The maximum Gasteiger partial charge on any atom is 0.250 e. The van der Waals surface area contributed by atoms with Gasteiger partial charge in [0, 0.05) is 5.92 Å². The first-order valence-electron chi connectivity index (χ1n) is 13.8. The molecule has 0 aliphatic heterocycles. The number of aryl methyl sites for hydroxylation is 2. The molecule has 36 heavy (non-hydrogen) atoms. The number of benzene rings is 3. The van der Waals surface area contributed by atoms with E-state index in [9.17, 15) is 0 Å². The van der Waals surface area contributed by atoms with Crippen LogP contribution in [0.3, 0.4) is 0 Å². The first kappa shape index (κ1) is 25.1. The molecule has 3 heteroatoms. The van der Waals surface area contributed by atoms with Gasteiger partial charge in [0.25, 0.3) is 0 Å². The lowest BCUT2D eigenvalue weighted by Gasteiger charge is -2.36. The van der Waals surface area contributed by atoms with E-state index < -0.39 is 8.32 Å². The summed E-state index contributed by atoms with van der Waals surface area (Å²) in [5.74, 6) is 3.24. The number of hydrogen-bond donors (Lipinski definition) is 0. The van der Waals surface area contributed by atoms with Gasteiger partial charge in [-0.1, -0.05) is 69.7 Å². The maximum atomic E-state index is 6.69. The zero-order chi connectivity index (χ0) is 25.5. The van der Waals surface area contributed by atoms with Gasteiger partial charge < -0.3 is 9.16 Å². The van der Waals surface area contributed by atoms with Crippen LogP contribution in [0.15, 0.2) is 60.7 Å². The normalized spacial score (nSPS) is 18.0. The Morgan fingerprint density at radius 1 is 0.917 bits per heavy atom. The van der Waals surface area contributed by atoms with Crippen LogP contribution in [0.25, 0.3) is 0 Å². The van der Waals surface area contributed by atoms with E-state index in [0.717, 1.165) is 17.9 Å². The van der Waals surface area contributed by atoms with Crippen molar-refractivity contribution in [1.82, 2.24) is 0 Å². The van der Waals surface area contributed by atoms with Gasteiger partial charge in [0.15, 0.2) is 0 Å². The van der Waals surface area contributed by atoms with Gasteiger partial charge >= 0.3 is 0 Å². The highest BCUT2D eigenvalue weighted by molar-refractivity contribution is 6.74. The second-order valence-corrected chi connectivity index (χ2v) is 17.2. The Bertz CT molecular complexity index is 1220. The minimum absolute atomic E-state index is 0.199. The van der Waals surface area contributed by atoms with Gasteiger partial charge in [-0.05, 0) is 108 Å². The predicted octanol–water partition coefficient (Wildman–Crippen LogP) is 9.30. The molecule has 0 saturated heterocycles. The Morgan fingerprint density at radius 2 is 1.67 bits per heavy atom. The molecule has 0 aromatic heterocycles. The standard InChI is InChI=1S/C33H42O2Si/c1-23-19-28(35-36(5,6)33(2,3)4)20-27-15-17-29(32(23)27)26-16-18-31(30(21-26)25-13-10-14-25)34-22-24-11-8-7-9-12-24/h7-9,11-12,16,18-21,25,29H,10,13-15,17,22H2,1-6H3. The Kier molecular flexibility index (Phi) is 6.80. The fourth-order valence-corrected chi connectivity index (χ4v) is 6.53. The summed E-state index contributed by atoms with van der Waals surface area (Å²) >= 11 is 0. The van der Waals surface area contributed by atoms with Crippen molar-refractivity contribution in [3.63, 3.8) is 0 Å². The molecule has 0 spiro atoms. The molecular weight excluding hydrogens is 456 g/mol. The summed E-state index contributed by atoms with van der Waals surface area (Å²) in [6.07, 6.45) is 6.18. The van der Waals surface area contributed by atoms with Crippen molar-refractivity contribution in [3.05, 3.63) is 94.0 Å². The van der Waals surface area contributed by atoms with Gasteiger partial charge in [-0.3, -0.25) is 0 Å². The van der Waals surface area contributed by atoms with Crippen molar-refractivity contribution in [2.45, 2.75) is 96.4 Å². The second-order valence-electron chi connectivity index (χ2n) is 12.5. The van der Waals surface area contributed by atoms with Crippen molar-refractivity contribution >= 4 is 8.32 Å². The number of fused-ring (bicyclic) bond motifs is 1. The summed E-state index contributed by atoms with van der Waals surface area (Å²) in [6.45, 7) is 14.5. The fourth-order valence-electron chi connectivity index (χ4n) is 5.51. The van der Waals surface area contributed by atoms with E-state index in [1.807, 2.05) is 0 Å². The van der Waals surface area contributed by atoms with Crippen LogP contribution >= 0.6 is 0 Å². The molecule has 2 aliphatic rings. The summed E-state index contributed by atoms with van der Waals surface area (Å²) < 4.78 is 13.1. The average molecular weight is 499 g/mol. The van der Waals surface area contributed by atoms with E-state index in [1.54, 1.807) is 0 Å². The quantitative estimate of drug-likeness (QED) is 0.302. The van der Waals surface area contributed by atoms with Gasteiger partial charge in [0.1, 0.15) is 18.1 Å².